The molecule has 0 aliphatic carbocycles. The lowest BCUT2D eigenvalue weighted by atomic mass is 10.2. The number of hydrogen-bond donors (Lipinski definition) is 0. The van der Waals surface area contributed by atoms with Crippen molar-refractivity contribution in [3.63, 3.8) is 0 Å². The number of halogens is 1. The molecular formula is C9H12ClNO2. The van der Waals surface area contributed by atoms with Crippen LogP contribution in [-0.4, -0.2) is 19.2 Å². The molecule has 1 heterocycles. The Kier molecular flexibility index (Phi) is 3.99. The molecule has 1 rings (SSSR count). The number of methoxy groups -OCH3 is 2. The summed E-state index contributed by atoms with van der Waals surface area (Å²) in [6.07, 6.45) is 0. The Morgan fingerprint density at radius 3 is 2.69 bits per heavy atom. The summed E-state index contributed by atoms with van der Waals surface area (Å²) in [6.45, 7) is 0.485. The summed E-state index contributed by atoms with van der Waals surface area (Å²) in [5.41, 5.74) is 1.73. The van der Waals surface area contributed by atoms with Crippen molar-refractivity contribution in [2.45, 2.75) is 12.5 Å². The van der Waals surface area contributed by atoms with E-state index < -0.39 is 0 Å². The van der Waals surface area contributed by atoms with E-state index >= 15 is 0 Å². The topological polar surface area (TPSA) is 31.4 Å². The zero-order chi connectivity index (χ0) is 9.68. The summed E-state index contributed by atoms with van der Waals surface area (Å²) < 4.78 is 10.0. The molecule has 13 heavy (non-hydrogen) atoms. The molecule has 4 heteroatoms. The van der Waals surface area contributed by atoms with E-state index in [1.165, 1.54) is 0 Å². The molecule has 0 unspecified atom stereocenters. The van der Waals surface area contributed by atoms with E-state index in [1.807, 2.05) is 12.1 Å². The van der Waals surface area contributed by atoms with Gasteiger partial charge in [0.05, 0.1) is 25.3 Å². The van der Waals surface area contributed by atoms with Crippen molar-refractivity contribution in [1.82, 2.24) is 4.98 Å². The minimum absolute atomic E-state index is 0.406. The molecule has 0 amide bonds. The summed E-state index contributed by atoms with van der Waals surface area (Å²) in [7, 11) is 3.21. The quantitative estimate of drug-likeness (QED) is 0.698. The van der Waals surface area contributed by atoms with E-state index in [9.17, 15) is 0 Å². The van der Waals surface area contributed by atoms with Gasteiger partial charge in [-0.3, -0.25) is 0 Å². The zero-order valence-corrected chi connectivity index (χ0v) is 8.47. The number of pyridine rings is 1. The highest BCUT2D eigenvalue weighted by atomic mass is 35.5. The standard InChI is InChI=1S/C9H12ClNO2/c1-12-6-8-4-3-7(5-10)9(11-8)13-2/h3-4H,5-6H2,1-2H3. The molecule has 0 spiro atoms. The molecule has 1 aromatic rings. The molecular weight excluding hydrogens is 190 g/mol. The SMILES string of the molecule is COCc1ccc(CCl)c(OC)n1. The first-order valence-electron chi connectivity index (χ1n) is 3.89. The Labute approximate surface area is 82.6 Å². The van der Waals surface area contributed by atoms with E-state index in [-0.39, 0.29) is 0 Å². The minimum atomic E-state index is 0.406. The maximum atomic E-state index is 5.69. The van der Waals surface area contributed by atoms with Crippen LogP contribution in [0.1, 0.15) is 11.3 Å². The number of nitrogens with zero attached hydrogens (tertiary/aromatic N) is 1. The van der Waals surface area contributed by atoms with Crippen LogP contribution in [0.15, 0.2) is 12.1 Å². The number of hydrogen-bond acceptors (Lipinski definition) is 3. The molecule has 0 saturated heterocycles. The molecule has 0 aromatic carbocycles. The fourth-order valence-electron chi connectivity index (χ4n) is 1.01. The van der Waals surface area contributed by atoms with Crippen LogP contribution in [0.2, 0.25) is 0 Å². The Morgan fingerprint density at radius 2 is 2.15 bits per heavy atom. The van der Waals surface area contributed by atoms with Crippen LogP contribution in [-0.2, 0) is 17.2 Å². The Morgan fingerprint density at radius 1 is 1.38 bits per heavy atom. The molecule has 1 aromatic heterocycles. The molecule has 0 saturated carbocycles. The van der Waals surface area contributed by atoms with Gasteiger partial charge in [-0.1, -0.05) is 6.07 Å². The van der Waals surface area contributed by atoms with Crippen molar-refractivity contribution in [1.29, 1.82) is 0 Å². The van der Waals surface area contributed by atoms with Gasteiger partial charge in [0.2, 0.25) is 5.88 Å². The second-order valence-electron chi connectivity index (χ2n) is 2.54. The first-order chi connectivity index (χ1) is 6.31. The lowest BCUT2D eigenvalue weighted by Gasteiger charge is -2.06. The molecule has 0 bridgehead atoms. The zero-order valence-electron chi connectivity index (χ0n) is 7.71. The summed E-state index contributed by atoms with van der Waals surface area (Å²) in [5, 5.41) is 0. The van der Waals surface area contributed by atoms with Gasteiger partial charge in [-0.25, -0.2) is 4.98 Å². The molecule has 0 atom stereocenters. The minimum Gasteiger partial charge on any atom is -0.481 e. The van der Waals surface area contributed by atoms with Crippen molar-refractivity contribution in [2.75, 3.05) is 14.2 Å². The van der Waals surface area contributed by atoms with Crippen molar-refractivity contribution < 1.29 is 9.47 Å². The highest BCUT2D eigenvalue weighted by Crippen LogP contribution is 2.17. The van der Waals surface area contributed by atoms with Gasteiger partial charge in [-0.2, -0.15) is 0 Å². The van der Waals surface area contributed by atoms with Gasteiger partial charge < -0.3 is 9.47 Å². The smallest absolute Gasteiger partial charge is 0.217 e. The Hall–Kier alpha value is -0.800. The molecule has 0 N–H and O–H groups in total. The van der Waals surface area contributed by atoms with E-state index in [4.69, 9.17) is 21.1 Å². The largest absolute Gasteiger partial charge is 0.481 e. The van der Waals surface area contributed by atoms with Gasteiger partial charge in [-0.05, 0) is 6.07 Å². The van der Waals surface area contributed by atoms with Crippen molar-refractivity contribution >= 4 is 11.6 Å². The first-order valence-corrected chi connectivity index (χ1v) is 4.43. The van der Waals surface area contributed by atoms with Crippen LogP contribution >= 0.6 is 11.6 Å². The van der Waals surface area contributed by atoms with Crippen LogP contribution < -0.4 is 4.74 Å². The predicted molar refractivity (Wildman–Crippen MR) is 51.1 cm³/mol. The summed E-state index contributed by atoms with van der Waals surface area (Å²) in [6, 6.07) is 3.77. The first kappa shape index (κ1) is 10.3. The highest BCUT2D eigenvalue weighted by molar-refractivity contribution is 6.17. The molecule has 72 valence electrons. The maximum Gasteiger partial charge on any atom is 0.217 e. The summed E-state index contributed by atoms with van der Waals surface area (Å²) in [5.74, 6) is 0.980. The lowest BCUT2D eigenvalue weighted by molar-refractivity contribution is 0.180. The fourth-order valence-corrected chi connectivity index (χ4v) is 1.22. The summed E-state index contributed by atoms with van der Waals surface area (Å²) >= 11 is 5.69. The molecule has 0 aliphatic rings. The normalized spacial score (nSPS) is 10.1. The van der Waals surface area contributed by atoms with E-state index in [0.29, 0.717) is 18.4 Å². The van der Waals surface area contributed by atoms with Gasteiger partial charge in [0, 0.05) is 12.7 Å². The Balaban J connectivity index is 2.91. The van der Waals surface area contributed by atoms with Gasteiger partial charge in [0.25, 0.3) is 0 Å². The second-order valence-corrected chi connectivity index (χ2v) is 2.80. The third-order valence-electron chi connectivity index (χ3n) is 1.63. The molecule has 0 aliphatic heterocycles. The van der Waals surface area contributed by atoms with E-state index in [1.54, 1.807) is 14.2 Å². The lowest BCUT2D eigenvalue weighted by Crippen LogP contribution is -1.98. The second kappa shape index (κ2) is 5.04. The van der Waals surface area contributed by atoms with Crippen LogP contribution in [0.3, 0.4) is 0 Å². The van der Waals surface area contributed by atoms with Gasteiger partial charge in [0.1, 0.15) is 0 Å². The van der Waals surface area contributed by atoms with Gasteiger partial charge in [0.15, 0.2) is 0 Å². The molecule has 3 nitrogen and oxygen atoms in total. The van der Waals surface area contributed by atoms with Gasteiger partial charge >= 0.3 is 0 Å². The highest BCUT2D eigenvalue weighted by Gasteiger charge is 2.04. The third-order valence-corrected chi connectivity index (χ3v) is 1.91. The van der Waals surface area contributed by atoms with Crippen LogP contribution in [0.4, 0.5) is 0 Å². The van der Waals surface area contributed by atoms with Crippen molar-refractivity contribution in [2.24, 2.45) is 0 Å². The summed E-state index contributed by atoms with van der Waals surface area (Å²) in [4.78, 5) is 4.22. The fraction of sp³-hybridized carbons (Fsp3) is 0.444. The van der Waals surface area contributed by atoms with E-state index in [0.717, 1.165) is 11.3 Å². The number of aromatic nitrogens is 1. The average Bonchev–Trinajstić information content (AvgIpc) is 2.18. The monoisotopic (exact) mass is 201 g/mol. The molecule has 0 fully saturated rings. The van der Waals surface area contributed by atoms with Gasteiger partial charge in [-0.15, -0.1) is 11.6 Å². The maximum absolute atomic E-state index is 5.69. The third kappa shape index (κ3) is 2.57. The molecule has 0 radical (unpaired) electrons. The van der Waals surface area contributed by atoms with E-state index in [2.05, 4.69) is 4.98 Å². The van der Waals surface area contributed by atoms with Crippen LogP contribution in [0.5, 0.6) is 5.88 Å². The average molecular weight is 202 g/mol. The number of ether oxygens (including phenoxy) is 2. The van der Waals surface area contributed by atoms with Crippen molar-refractivity contribution in [3.8, 4) is 5.88 Å². The number of alkyl halides is 1. The van der Waals surface area contributed by atoms with Crippen molar-refractivity contribution in [3.05, 3.63) is 23.4 Å². The Bertz CT molecular complexity index is 278. The predicted octanol–water partition coefficient (Wildman–Crippen LogP) is 1.98. The number of rotatable bonds is 4. The van der Waals surface area contributed by atoms with Crippen LogP contribution in [0.25, 0.3) is 0 Å². The van der Waals surface area contributed by atoms with Crippen LogP contribution in [0, 0.1) is 0 Å².